The second kappa shape index (κ2) is 5.58. The Morgan fingerprint density at radius 1 is 1.35 bits per heavy atom. The van der Waals surface area contributed by atoms with Crippen LogP contribution >= 0.6 is 0 Å². The van der Waals surface area contributed by atoms with E-state index in [-0.39, 0.29) is 17.9 Å². The molecule has 0 spiro atoms. The van der Waals surface area contributed by atoms with Crippen LogP contribution in [0.4, 0.5) is 13.2 Å². The number of hydrogen-bond acceptors (Lipinski definition) is 1. The smallest absolute Gasteiger partial charge is 0.342 e. The highest BCUT2D eigenvalue weighted by atomic mass is 19.4. The first-order valence-electron chi connectivity index (χ1n) is 6.29. The Morgan fingerprint density at radius 2 is 2.00 bits per heavy atom. The third-order valence-electron chi connectivity index (χ3n) is 3.26. The molecule has 2 nitrogen and oxygen atoms in total. The number of nitrogens with one attached hydrogen (secondary N) is 1. The number of halogens is 3. The molecule has 0 unspecified atom stereocenters. The van der Waals surface area contributed by atoms with E-state index in [1.54, 1.807) is 6.92 Å². The van der Waals surface area contributed by atoms with Gasteiger partial charge in [-0.15, -0.1) is 0 Å². The van der Waals surface area contributed by atoms with E-state index in [4.69, 9.17) is 0 Å². The lowest BCUT2D eigenvalue weighted by Crippen LogP contribution is -2.25. The first-order chi connectivity index (χ1) is 9.40. The Hall–Kier alpha value is -1.96. The zero-order valence-corrected chi connectivity index (χ0v) is 10.9. The third kappa shape index (κ3) is 3.77. The summed E-state index contributed by atoms with van der Waals surface area (Å²) in [4.78, 5) is 11.2. The molecule has 106 valence electrons. The molecular weight excluding hydrogens is 267 g/mol. The van der Waals surface area contributed by atoms with Gasteiger partial charge in [-0.3, -0.25) is 4.79 Å². The summed E-state index contributed by atoms with van der Waals surface area (Å²) in [6.07, 6.45) is -2.78. The van der Waals surface area contributed by atoms with E-state index in [0.717, 1.165) is 24.1 Å². The van der Waals surface area contributed by atoms with Crippen LogP contribution in [0, 0.1) is 17.8 Å². The van der Waals surface area contributed by atoms with Crippen LogP contribution in [0.15, 0.2) is 24.3 Å². The van der Waals surface area contributed by atoms with Crippen molar-refractivity contribution in [1.82, 2.24) is 5.32 Å². The van der Waals surface area contributed by atoms with Crippen molar-refractivity contribution in [1.29, 1.82) is 0 Å². The van der Waals surface area contributed by atoms with Gasteiger partial charge in [-0.25, -0.2) is 0 Å². The van der Waals surface area contributed by atoms with Gasteiger partial charge in [0.2, 0.25) is 0 Å². The van der Waals surface area contributed by atoms with Crippen molar-refractivity contribution in [2.75, 3.05) is 0 Å². The van der Waals surface area contributed by atoms with E-state index in [2.05, 4.69) is 17.2 Å². The Bertz CT molecular complexity index is 551. The SMILES string of the molecule is CC#CC(=O)N[C@H]1C[C@H]1Cc1ccc(C(F)(F)F)cc1. The van der Waals surface area contributed by atoms with Crippen LogP contribution in [-0.2, 0) is 17.4 Å². The average molecular weight is 281 g/mol. The molecule has 5 heteroatoms. The molecule has 1 saturated carbocycles. The number of rotatable bonds is 3. The minimum absolute atomic E-state index is 0.0886. The molecule has 0 heterocycles. The monoisotopic (exact) mass is 281 g/mol. The molecule has 0 bridgehead atoms. The number of hydrogen-bond donors (Lipinski definition) is 1. The van der Waals surface area contributed by atoms with Gasteiger partial charge in [-0.1, -0.05) is 18.1 Å². The first kappa shape index (κ1) is 14.4. The van der Waals surface area contributed by atoms with Crippen LogP contribution in [0.5, 0.6) is 0 Å². The maximum atomic E-state index is 12.4. The molecule has 1 aliphatic rings. The molecule has 1 amide bonds. The van der Waals surface area contributed by atoms with Gasteiger partial charge in [0, 0.05) is 6.04 Å². The number of benzene rings is 1. The Kier molecular flexibility index (Phi) is 4.03. The number of carbonyl (C=O) groups is 1. The molecule has 20 heavy (non-hydrogen) atoms. The number of carbonyl (C=O) groups excluding carboxylic acids is 1. The molecule has 1 fully saturated rings. The third-order valence-corrected chi connectivity index (χ3v) is 3.26. The van der Waals surface area contributed by atoms with E-state index in [1.165, 1.54) is 12.1 Å². The fourth-order valence-electron chi connectivity index (χ4n) is 2.10. The quantitative estimate of drug-likeness (QED) is 0.848. The molecule has 2 rings (SSSR count). The van der Waals surface area contributed by atoms with Crippen molar-refractivity contribution in [3.8, 4) is 11.8 Å². The minimum Gasteiger partial charge on any atom is -0.342 e. The van der Waals surface area contributed by atoms with Crippen LogP contribution in [-0.4, -0.2) is 11.9 Å². The first-order valence-corrected chi connectivity index (χ1v) is 6.29. The molecule has 0 saturated heterocycles. The van der Waals surface area contributed by atoms with Gasteiger partial charge in [-0.2, -0.15) is 13.2 Å². The molecule has 0 aromatic heterocycles. The summed E-state index contributed by atoms with van der Waals surface area (Å²) in [7, 11) is 0. The van der Waals surface area contributed by atoms with E-state index in [9.17, 15) is 18.0 Å². The standard InChI is InChI=1S/C15H14F3NO/c1-2-3-14(20)19-13-9-11(13)8-10-4-6-12(7-5-10)15(16,17)18/h4-7,11,13H,8-9H2,1H3,(H,19,20)/t11-,13+/m1/s1. The molecular formula is C15H14F3NO. The Labute approximate surface area is 115 Å². The lowest BCUT2D eigenvalue weighted by atomic mass is 10.1. The van der Waals surface area contributed by atoms with Gasteiger partial charge in [0.25, 0.3) is 5.91 Å². The van der Waals surface area contributed by atoms with Crippen molar-refractivity contribution in [2.45, 2.75) is 32.0 Å². The maximum Gasteiger partial charge on any atom is 0.416 e. The van der Waals surface area contributed by atoms with Gasteiger partial charge in [0.1, 0.15) is 0 Å². The fraction of sp³-hybridized carbons (Fsp3) is 0.400. The Balaban J connectivity index is 1.86. The zero-order chi connectivity index (χ0) is 14.8. The van der Waals surface area contributed by atoms with Crippen LogP contribution in [0.3, 0.4) is 0 Å². The van der Waals surface area contributed by atoms with Crippen LogP contribution in [0.1, 0.15) is 24.5 Å². The van der Waals surface area contributed by atoms with Crippen molar-refractivity contribution in [3.63, 3.8) is 0 Å². The maximum absolute atomic E-state index is 12.4. The summed E-state index contributed by atoms with van der Waals surface area (Å²) >= 11 is 0. The van der Waals surface area contributed by atoms with Crippen LogP contribution in [0.2, 0.25) is 0 Å². The summed E-state index contributed by atoms with van der Waals surface area (Å²) in [6, 6.07) is 5.25. The summed E-state index contributed by atoms with van der Waals surface area (Å²) in [5.41, 5.74) is 0.210. The Morgan fingerprint density at radius 3 is 2.55 bits per heavy atom. The summed E-state index contributed by atoms with van der Waals surface area (Å²) in [5, 5.41) is 2.77. The number of amides is 1. The van der Waals surface area contributed by atoms with Gasteiger partial charge < -0.3 is 5.32 Å². The van der Waals surface area contributed by atoms with Crippen molar-refractivity contribution >= 4 is 5.91 Å². The summed E-state index contributed by atoms with van der Waals surface area (Å²) < 4.78 is 37.2. The zero-order valence-electron chi connectivity index (χ0n) is 10.9. The van der Waals surface area contributed by atoms with Crippen LogP contribution in [0.25, 0.3) is 0 Å². The van der Waals surface area contributed by atoms with Gasteiger partial charge in [-0.05, 0) is 49.3 Å². The highest BCUT2D eigenvalue weighted by Gasteiger charge is 2.38. The minimum atomic E-state index is -4.30. The van der Waals surface area contributed by atoms with Gasteiger partial charge in [0.05, 0.1) is 5.56 Å². The average Bonchev–Trinajstić information content (AvgIpc) is 3.06. The largest absolute Gasteiger partial charge is 0.416 e. The molecule has 0 aliphatic heterocycles. The fourth-order valence-corrected chi connectivity index (χ4v) is 2.10. The molecule has 1 aromatic carbocycles. The van der Waals surface area contributed by atoms with Gasteiger partial charge >= 0.3 is 6.18 Å². The predicted molar refractivity (Wildman–Crippen MR) is 68.6 cm³/mol. The molecule has 2 atom stereocenters. The van der Waals surface area contributed by atoms with Crippen molar-refractivity contribution in [2.24, 2.45) is 5.92 Å². The summed E-state index contributed by atoms with van der Waals surface area (Å²) in [5.74, 6) is 4.90. The van der Waals surface area contributed by atoms with Crippen molar-refractivity contribution in [3.05, 3.63) is 35.4 Å². The molecule has 0 radical (unpaired) electrons. The molecule has 1 aliphatic carbocycles. The van der Waals surface area contributed by atoms with E-state index in [0.29, 0.717) is 6.42 Å². The normalized spacial score (nSPS) is 20.8. The second-order valence-electron chi connectivity index (χ2n) is 4.85. The lowest BCUT2D eigenvalue weighted by Gasteiger charge is -2.07. The van der Waals surface area contributed by atoms with Crippen molar-refractivity contribution < 1.29 is 18.0 Å². The molecule has 1 N–H and O–H groups in total. The number of alkyl halides is 3. The van der Waals surface area contributed by atoms with Gasteiger partial charge in [0.15, 0.2) is 0 Å². The van der Waals surface area contributed by atoms with E-state index >= 15 is 0 Å². The predicted octanol–water partition coefficient (Wildman–Crippen LogP) is 2.78. The van der Waals surface area contributed by atoms with E-state index in [1.807, 2.05) is 0 Å². The lowest BCUT2D eigenvalue weighted by molar-refractivity contribution is -0.137. The summed E-state index contributed by atoms with van der Waals surface area (Å²) in [6.45, 7) is 1.59. The molecule has 1 aromatic rings. The second-order valence-corrected chi connectivity index (χ2v) is 4.85. The highest BCUT2D eigenvalue weighted by Crippen LogP contribution is 2.35. The van der Waals surface area contributed by atoms with Crippen LogP contribution < -0.4 is 5.32 Å². The highest BCUT2D eigenvalue weighted by molar-refractivity contribution is 5.93. The topological polar surface area (TPSA) is 29.1 Å². The van der Waals surface area contributed by atoms with E-state index < -0.39 is 11.7 Å².